The number of methoxy groups -OCH3 is 1. The molecule has 0 bridgehead atoms. The van der Waals surface area contributed by atoms with E-state index in [1.165, 1.54) is 11.8 Å². The Morgan fingerprint density at radius 1 is 1.02 bits per heavy atom. The molecule has 0 radical (unpaired) electrons. The molecule has 0 unspecified atom stereocenters. The van der Waals surface area contributed by atoms with Gasteiger partial charge >= 0.3 is 24.8 Å². The Labute approximate surface area is 256 Å². The smallest absolute Gasteiger partial charge is 0.858 e. The second-order valence-corrected chi connectivity index (χ2v) is 10.2. The van der Waals surface area contributed by atoms with Crippen LogP contribution in [0.15, 0.2) is 88.3 Å². The van der Waals surface area contributed by atoms with E-state index in [4.69, 9.17) is 13.9 Å². The van der Waals surface area contributed by atoms with Crippen LogP contribution in [-0.4, -0.2) is 42.1 Å². The first-order valence-corrected chi connectivity index (χ1v) is 14.3. The molecule has 0 fully saturated rings. The first-order valence-electron chi connectivity index (χ1n) is 12.9. The van der Waals surface area contributed by atoms with Crippen molar-refractivity contribution in [3.05, 3.63) is 101 Å². The standard InChI is InChI=1S/C32H33NO6S.Li/c1-21-7-4-5-10-26(21)28-17-22(11-13-27(28)31(34)33-29(32(35)36)15-16-40-3)19-38-20-25-12-14-30(39-25)23-8-6-9-24(18-23)37-2;/h4-14,17-18,29H,15-16,19-20H2,1-3H3,(H,33,34)(H,35,36);/q;+1/p-1/t29-;/m0./s1. The summed E-state index contributed by atoms with van der Waals surface area (Å²) in [7, 11) is 1.63. The number of hydrogen-bond acceptors (Lipinski definition) is 7. The van der Waals surface area contributed by atoms with E-state index in [1.54, 1.807) is 13.2 Å². The van der Waals surface area contributed by atoms with E-state index in [1.807, 2.05) is 86.0 Å². The van der Waals surface area contributed by atoms with Gasteiger partial charge in [0.1, 0.15) is 29.9 Å². The van der Waals surface area contributed by atoms with Gasteiger partial charge in [0.2, 0.25) is 0 Å². The molecule has 1 atom stereocenters. The number of carboxylic acids is 1. The normalized spacial score (nSPS) is 12.0. The fraction of sp³-hybridized carbons (Fsp3) is 0.250. The van der Waals surface area contributed by atoms with Gasteiger partial charge in [0.05, 0.1) is 13.7 Å². The van der Waals surface area contributed by atoms with Crippen LogP contribution in [0.25, 0.3) is 22.5 Å². The number of ether oxygens (including phenoxy) is 2. The molecule has 4 aromatic rings. The van der Waals surface area contributed by atoms with Crippen molar-refractivity contribution in [1.29, 1.82) is 0 Å². The number of carbonyl (C=O) groups is 1. The Kier molecular flexibility index (Phi) is 12.2. The SMILES string of the molecule is COc1cccc(-c2ccc(COCc3ccc(C([O-])=N[C@@H](CCSC)C(=O)O)c(-c4ccccc4C)c3)o2)c1.[Li+]. The van der Waals surface area contributed by atoms with E-state index in [0.29, 0.717) is 35.7 Å². The summed E-state index contributed by atoms with van der Waals surface area (Å²) in [5.41, 5.74) is 4.72. The molecule has 41 heavy (non-hydrogen) atoms. The Morgan fingerprint density at radius 3 is 2.56 bits per heavy atom. The van der Waals surface area contributed by atoms with Crippen molar-refractivity contribution in [1.82, 2.24) is 0 Å². The van der Waals surface area contributed by atoms with Gasteiger partial charge < -0.3 is 24.1 Å². The third-order valence-electron chi connectivity index (χ3n) is 6.43. The number of aliphatic imine (C=N–C) groups is 1. The number of aliphatic carboxylic acids is 1. The molecule has 0 saturated carbocycles. The maximum atomic E-state index is 13.2. The molecule has 0 spiro atoms. The largest absolute Gasteiger partial charge is 1.00 e. The van der Waals surface area contributed by atoms with Gasteiger partial charge in [-0.15, -0.1) is 0 Å². The van der Waals surface area contributed by atoms with E-state index < -0.39 is 17.9 Å². The average molecular weight is 566 g/mol. The molecule has 9 heteroatoms. The Morgan fingerprint density at radius 2 is 1.83 bits per heavy atom. The summed E-state index contributed by atoms with van der Waals surface area (Å²) < 4.78 is 17.2. The predicted molar refractivity (Wildman–Crippen MR) is 157 cm³/mol. The molecule has 0 aliphatic carbocycles. The van der Waals surface area contributed by atoms with Gasteiger partial charge in [-0.2, -0.15) is 11.8 Å². The van der Waals surface area contributed by atoms with Gasteiger partial charge in [-0.1, -0.05) is 48.5 Å². The average Bonchev–Trinajstić information content (AvgIpc) is 3.44. The van der Waals surface area contributed by atoms with Gasteiger partial charge in [-0.05, 0) is 89.4 Å². The van der Waals surface area contributed by atoms with Gasteiger partial charge in [-0.25, -0.2) is 4.79 Å². The van der Waals surface area contributed by atoms with Crippen LogP contribution in [-0.2, 0) is 22.7 Å². The minimum Gasteiger partial charge on any atom is -0.858 e. The molecule has 0 aliphatic rings. The third kappa shape index (κ3) is 8.54. The van der Waals surface area contributed by atoms with Crippen LogP contribution in [0, 0.1) is 6.92 Å². The molecule has 3 aromatic carbocycles. The molecule has 7 nitrogen and oxygen atoms in total. The maximum absolute atomic E-state index is 13.2. The molecule has 1 heterocycles. The number of furan rings is 1. The van der Waals surface area contributed by atoms with Crippen LogP contribution in [0.5, 0.6) is 5.75 Å². The molecule has 1 aromatic heterocycles. The number of hydrogen-bond donors (Lipinski definition) is 1. The van der Waals surface area contributed by atoms with Crippen molar-refractivity contribution in [3.63, 3.8) is 0 Å². The van der Waals surface area contributed by atoms with Gasteiger partial charge in [0, 0.05) is 5.56 Å². The Balaban J connectivity index is 0.00000462. The van der Waals surface area contributed by atoms with Crippen LogP contribution >= 0.6 is 11.8 Å². The maximum Gasteiger partial charge on any atom is 1.00 e. The summed E-state index contributed by atoms with van der Waals surface area (Å²) in [6, 6.07) is 23.5. The monoisotopic (exact) mass is 565 g/mol. The van der Waals surface area contributed by atoms with E-state index in [2.05, 4.69) is 4.99 Å². The van der Waals surface area contributed by atoms with Crippen molar-refractivity contribution < 1.29 is 47.8 Å². The number of thioether (sulfide) groups is 1. The van der Waals surface area contributed by atoms with Crippen LogP contribution in [0.3, 0.4) is 0 Å². The summed E-state index contributed by atoms with van der Waals surface area (Å²) in [5.74, 6) is 1.13. The zero-order chi connectivity index (χ0) is 28.5. The van der Waals surface area contributed by atoms with E-state index >= 15 is 0 Å². The second-order valence-electron chi connectivity index (χ2n) is 9.26. The topological polar surface area (TPSA) is 104 Å². The number of aryl methyl sites for hydroxylation is 1. The molecule has 208 valence electrons. The van der Waals surface area contributed by atoms with Crippen molar-refractivity contribution in [2.45, 2.75) is 32.6 Å². The van der Waals surface area contributed by atoms with E-state index in [-0.39, 0.29) is 25.5 Å². The van der Waals surface area contributed by atoms with Crippen molar-refractivity contribution in [3.8, 4) is 28.2 Å². The molecule has 0 amide bonds. The fourth-order valence-electron chi connectivity index (χ4n) is 4.31. The molecular weight excluding hydrogens is 533 g/mol. The molecule has 1 N–H and O–H groups in total. The zero-order valence-electron chi connectivity index (χ0n) is 23.8. The van der Waals surface area contributed by atoms with Crippen molar-refractivity contribution in [2.24, 2.45) is 4.99 Å². The number of carboxylic acid groups (broad SMARTS) is 1. The molecular formula is C32H32LiNO6S. The summed E-state index contributed by atoms with van der Waals surface area (Å²) in [6.07, 6.45) is 2.18. The zero-order valence-corrected chi connectivity index (χ0v) is 24.6. The Bertz CT molecular complexity index is 1480. The predicted octanol–water partition coefficient (Wildman–Crippen LogP) is 2.96. The van der Waals surface area contributed by atoms with Crippen LogP contribution in [0.4, 0.5) is 0 Å². The quantitative estimate of drug-likeness (QED) is 0.151. The third-order valence-corrected chi connectivity index (χ3v) is 7.08. The first kappa shape index (κ1) is 32.1. The first-order chi connectivity index (χ1) is 19.4. The summed E-state index contributed by atoms with van der Waals surface area (Å²) >= 11 is 1.52. The molecule has 4 rings (SSSR count). The van der Waals surface area contributed by atoms with Crippen molar-refractivity contribution >= 4 is 23.6 Å². The number of rotatable bonds is 13. The van der Waals surface area contributed by atoms with Crippen LogP contribution < -0.4 is 28.7 Å². The summed E-state index contributed by atoms with van der Waals surface area (Å²) in [6.45, 7) is 2.54. The molecule has 0 saturated heterocycles. The number of benzene rings is 3. The fourth-order valence-corrected chi connectivity index (χ4v) is 4.76. The molecule has 0 aliphatic heterocycles. The van der Waals surface area contributed by atoms with Gasteiger partial charge in [0.15, 0.2) is 0 Å². The van der Waals surface area contributed by atoms with Crippen LogP contribution in [0.1, 0.15) is 28.9 Å². The number of nitrogens with zero attached hydrogens (tertiary/aromatic N) is 1. The van der Waals surface area contributed by atoms with Crippen molar-refractivity contribution in [2.75, 3.05) is 19.1 Å². The minimum atomic E-state index is -1.10. The van der Waals surface area contributed by atoms with E-state index in [0.717, 1.165) is 33.8 Å². The van der Waals surface area contributed by atoms with Crippen LogP contribution in [0.2, 0.25) is 0 Å². The Hall–Kier alpha value is -3.41. The second kappa shape index (κ2) is 15.6. The van der Waals surface area contributed by atoms with Gasteiger partial charge in [-0.3, -0.25) is 4.99 Å². The van der Waals surface area contributed by atoms with E-state index in [9.17, 15) is 15.0 Å². The van der Waals surface area contributed by atoms with Gasteiger partial charge in [0.25, 0.3) is 0 Å². The summed E-state index contributed by atoms with van der Waals surface area (Å²) in [5, 5.41) is 22.8. The minimum absolute atomic E-state index is 0. The summed E-state index contributed by atoms with van der Waals surface area (Å²) in [4.78, 5) is 15.8.